The smallest absolute Gasteiger partial charge is 0.266 e. The van der Waals surface area contributed by atoms with Gasteiger partial charge in [0.15, 0.2) is 5.82 Å². The van der Waals surface area contributed by atoms with E-state index in [1.807, 2.05) is 6.92 Å². The first-order valence-corrected chi connectivity index (χ1v) is 9.55. The van der Waals surface area contributed by atoms with Gasteiger partial charge in [-0.05, 0) is 49.1 Å². The zero-order chi connectivity index (χ0) is 18.4. The van der Waals surface area contributed by atoms with Crippen LogP contribution in [0.4, 0.5) is 11.6 Å². The molecule has 0 aliphatic carbocycles. The fourth-order valence-corrected chi connectivity index (χ4v) is 3.41. The Morgan fingerprint density at radius 3 is 2.40 bits per heavy atom. The summed E-state index contributed by atoms with van der Waals surface area (Å²) in [5.74, 6) is 1.63. The predicted molar refractivity (Wildman–Crippen MR) is 98.5 cm³/mol. The van der Waals surface area contributed by atoms with Gasteiger partial charge in [-0.1, -0.05) is 19.9 Å². The zero-order valence-electron chi connectivity index (χ0n) is 14.9. The predicted octanol–water partition coefficient (Wildman–Crippen LogP) is 3.05. The summed E-state index contributed by atoms with van der Waals surface area (Å²) in [5.41, 5.74) is 0.817. The van der Waals surface area contributed by atoms with Crippen LogP contribution in [0.5, 0.6) is 5.75 Å². The molecule has 0 bridgehead atoms. The van der Waals surface area contributed by atoms with Crippen LogP contribution in [-0.4, -0.2) is 32.3 Å². The molecule has 1 aromatic carbocycles. The number of rotatable bonds is 8. The summed E-state index contributed by atoms with van der Waals surface area (Å²) in [6, 6.07) is 8.23. The molecule has 2 rings (SSSR count). The Hall–Kier alpha value is -2.35. The van der Waals surface area contributed by atoms with E-state index in [1.54, 1.807) is 30.3 Å². The molecule has 2 aromatic rings. The third-order valence-electron chi connectivity index (χ3n) is 3.54. The van der Waals surface area contributed by atoms with Gasteiger partial charge >= 0.3 is 0 Å². The molecule has 0 radical (unpaired) electrons. The van der Waals surface area contributed by atoms with E-state index in [1.165, 1.54) is 7.11 Å². The van der Waals surface area contributed by atoms with Crippen molar-refractivity contribution in [1.29, 1.82) is 0 Å². The molecule has 0 saturated heterocycles. The monoisotopic (exact) mass is 364 g/mol. The highest BCUT2D eigenvalue weighted by Crippen LogP contribution is 2.26. The van der Waals surface area contributed by atoms with E-state index in [9.17, 15) is 8.42 Å². The summed E-state index contributed by atoms with van der Waals surface area (Å²) in [7, 11) is -2.39. The van der Waals surface area contributed by atoms with E-state index < -0.39 is 10.0 Å². The number of benzene rings is 1. The SMILES string of the molecule is COc1ccc(C)cc1S(=O)(=O)Nc1ccc(NCCC(C)C)nn1. The molecule has 2 N–H and O–H groups in total. The minimum Gasteiger partial charge on any atom is -0.495 e. The first-order chi connectivity index (χ1) is 11.8. The maximum absolute atomic E-state index is 12.6. The fourth-order valence-electron chi connectivity index (χ4n) is 2.16. The molecule has 0 aliphatic rings. The Morgan fingerprint density at radius 1 is 1.12 bits per heavy atom. The number of aromatic nitrogens is 2. The van der Waals surface area contributed by atoms with Crippen LogP contribution in [0.2, 0.25) is 0 Å². The number of aryl methyl sites for hydroxylation is 1. The van der Waals surface area contributed by atoms with Gasteiger partial charge in [0.25, 0.3) is 10.0 Å². The number of methoxy groups -OCH3 is 1. The second-order valence-electron chi connectivity index (χ2n) is 6.17. The molecule has 0 spiro atoms. The van der Waals surface area contributed by atoms with Crippen molar-refractivity contribution in [1.82, 2.24) is 10.2 Å². The largest absolute Gasteiger partial charge is 0.495 e. The molecule has 7 nitrogen and oxygen atoms in total. The molecule has 0 unspecified atom stereocenters. The van der Waals surface area contributed by atoms with Gasteiger partial charge in [0.1, 0.15) is 16.5 Å². The average Bonchev–Trinajstić information content (AvgIpc) is 2.56. The first-order valence-electron chi connectivity index (χ1n) is 8.07. The Labute approximate surface area is 148 Å². The maximum Gasteiger partial charge on any atom is 0.266 e. The summed E-state index contributed by atoms with van der Waals surface area (Å²) in [5, 5.41) is 11.1. The van der Waals surface area contributed by atoms with Gasteiger partial charge in [0.05, 0.1) is 7.11 Å². The molecule has 1 heterocycles. The normalized spacial score (nSPS) is 11.4. The van der Waals surface area contributed by atoms with E-state index in [2.05, 4.69) is 34.1 Å². The second-order valence-corrected chi connectivity index (χ2v) is 7.82. The van der Waals surface area contributed by atoms with Crippen LogP contribution < -0.4 is 14.8 Å². The van der Waals surface area contributed by atoms with E-state index in [0.29, 0.717) is 11.7 Å². The highest BCUT2D eigenvalue weighted by molar-refractivity contribution is 7.92. The minimum atomic E-state index is -3.82. The van der Waals surface area contributed by atoms with Crippen molar-refractivity contribution in [3.63, 3.8) is 0 Å². The highest BCUT2D eigenvalue weighted by atomic mass is 32.2. The van der Waals surface area contributed by atoms with Crippen molar-refractivity contribution in [2.24, 2.45) is 5.92 Å². The summed E-state index contributed by atoms with van der Waals surface area (Å²) < 4.78 is 32.8. The third kappa shape index (κ3) is 5.32. The Morgan fingerprint density at radius 2 is 1.80 bits per heavy atom. The lowest BCUT2D eigenvalue weighted by atomic mass is 10.1. The van der Waals surface area contributed by atoms with Gasteiger partial charge in [-0.2, -0.15) is 0 Å². The lowest BCUT2D eigenvalue weighted by molar-refractivity contribution is 0.402. The van der Waals surface area contributed by atoms with E-state index in [0.717, 1.165) is 18.5 Å². The van der Waals surface area contributed by atoms with Crippen LogP contribution >= 0.6 is 0 Å². The molecule has 0 fully saturated rings. The van der Waals surface area contributed by atoms with E-state index >= 15 is 0 Å². The van der Waals surface area contributed by atoms with Crippen molar-refractivity contribution in [3.05, 3.63) is 35.9 Å². The van der Waals surface area contributed by atoms with E-state index in [4.69, 9.17) is 4.74 Å². The van der Waals surface area contributed by atoms with Crippen LogP contribution in [0.1, 0.15) is 25.8 Å². The highest BCUT2D eigenvalue weighted by Gasteiger charge is 2.20. The summed E-state index contributed by atoms with van der Waals surface area (Å²) in [4.78, 5) is 0.0657. The van der Waals surface area contributed by atoms with Crippen molar-refractivity contribution in [2.75, 3.05) is 23.7 Å². The van der Waals surface area contributed by atoms with E-state index in [-0.39, 0.29) is 16.5 Å². The number of anilines is 2. The van der Waals surface area contributed by atoms with Gasteiger partial charge in [-0.25, -0.2) is 8.42 Å². The first kappa shape index (κ1) is 19.0. The topological polar surface area (TPSA) is 93.2 Å². The van der Waals surface area contributed by atoms with Gasteiger partial charge < -0.3 is 10.1 Å². The minimum absolute atomic E-state index is 0.0657. The molecule has 0 aliphatic heterocycles. The number of nitrogens with one attached hydrogen (secondary N) is 2. The number of ether oxygens (including phenoxy) is 1. The number of sulfonamides is 1. The van der Waals surface area contributed by atoms with Crippen molar-refractivity contribution in [3.8, 4) is 5.75 Å². The van der Waals surface area contributed by atoms with Gasteiger partial charge in [-0.3, -0.25) is 4.72 Å². The quantitative estimate of drug-likeness (QED) is 0.748. The van der Waals surface area contributed by atoms with Crippen molar-refractivity contribution in [2.45, 2.75) is 32.1 Å². The van der Waals surface area contributed by atoms with Crippen LogP contribution in [0, 0.1) is 12.8 Å². The third-order valence-corrected chi connectivity index (χ3v) is 4.92. The lowest BCUT2D eigenvalue weighted by Crippen LogP contribution is -2.16. The van der Waals surface area contributed by atoms with Crippen LogP contribution in [0.15, 0.2) is 35.2 Å². The average molecular weight is 364 g/mol. The zero-order valence-corrected chi connectivity index (χ0v) is 15.7. The lowest BCUT2D eigenvalue weighted by Gasteiger charge is -2.12. The van der Waals surface area contributed by atoms with Crippen molar-refractivity contribution >= 4 is 21.7 Å². The van der Waals surface area contributed by atoms with Gasteiger partial charge in [0.2, 0.25) is 0 Å². The van der Waals surface area contributed by atoms with Gasteiger partial charge in [0, 0.05) is 6.54 Å². The summed E-state index contributed by atoms with van der Waals surface area (Å²) in [6.45, 7) is 6.89. The second kappa shape index (κ2) is 8.15. The molecular formula is C17H24N4O3S. The van der Waals surface area contributed by atoms with Crippen LogP contribution in [0.3, 0.4) is 0 Å². The maximum atomic E-state index is 12.6. The Bertz CT molecular complexity index is 805. The summed E-state index contributed by atoms with van der Waals surface area (Å²) in [6.07, 6.45) is 1.02. The number of hydrogen-bond acceptors (Lipinski definition) is 6. The fraction of sp³-hybridized carbons (Fsp3) is 0.412. The molecule has 8 heteroatoms. The molecule has 0 atom stereocenters. The number of hydrogen-bond donors (Lipinski definition) is 2. The molecule has 0 saturated carbocycles. The molecule has 25 heavy (non-hydrogen) atoms. The molecular weight excluding hydrogens is 340 g/mol. The molecule has 1 aromatic heterocycles. The molecule has 0 amide bonds. The summed E-state index contributed by atoms with van der Waals surface area (Å²) >= 11 is 0. The Kier molecular flexibility index (Phi) is 6.19. The van der Waals surface area contributed by atoms with Crippen molar-refractivity contribution < 1.29 is 13.2 Å². The Balaban J connectivity index is 2.12. The van der Waals surface area contributed by atoms with Gasteiger partial charge in [-0.15, -0.1) is 10.2 Å². The molecule has 136 valence electrons. The number of nitrogens with zero attached hydrogens (tertiary/aromatic N) is 2. The standard InChI is InChI=1S/C17H24N4O3S/c1-12(2)9-10-18-16-7-8-17(20-19-16)21-25(22,23)15-11-13(3)5-6-14(15)24-4/h5-8,11-12H,9-10H2,1-4H3,(H,18,19)(H,20,21). The van der Waals surface area contributed by atoms with Crippen LogP contribution in [-0.2, 0) is 10.0 Å². The van der Waals surface area contributed by atoms with Crippen LogP contribution in [0.25, 0.3) is 0 Å².